The molecule has 1 saturated heterocycles. The number of halogens is 1. The van der Waals surface area contributed by atoms with Crippen molar-refractivity contribution in [1.82, 2.24) is 14.8 Å². The SMILES string of the molecule is CCc1cccc2c(/C=C3\SC(=O)N(Cc4ccc(F)cc4)C3=O)cn(CC(=O)NCc3ccco3)c12. The minimum absolute atomic E-state index is 0.0693. The average molecular weight is 518 g/mol. The summed E-state index contributed by atoms with van der Waals surface area (Å²) in [5.41, 5.74) is 3.39. The zero-order valence-electron chi connectivity index (χ0n) is 20.1. The van der Waals surface area contributed by atoms with Crippen LogP contribution < -0.4 is 5.32 Å². The molecule has 188 valence electrons. The van der Waals surface area contributed by atoms with E-state index in [0.29, 0.717) is 22.8 Å². The summed E-state index contributed by atoms with van der Waals surface area (Å²) in [6.07, 6.45) is 5.87. The van der Waals surface area contributed by atoms with E-state index in [9.17, 15) is 18.8 Å². The van der Waals surface area contributed by atoms with Crippen molar-refractivity contribution in [2.75, 3.05) is 0 Å². The Balaban J connectivity index is 1.42. The number of carbonyl (C=O) groups excluding carboxylic acids is 3. The molecule has 0 unspecified atom stereocenters. The molecule has 3 heterocycles. The van der Waals surface area contributed by atoms with Crippen LogP contribution in [0.4, 0.5) is 9.18 Å². The number of furan rings is 1. The fraction of sp³-hybridized carbons (Fsp3) is 0.179. The number of fused-ring (bicyclic) bond motifs is 1. The number of hydrogen-bond acceptors (Lipinski definition) is 5. The first kappa shape index (κ1) is 24.6. The molecule has 0 atom stereocenters. The molecule has 4 aromatic rings. The van der Waals surface area contributed by atoms with Gasteiger partial charge in [0.15, 0.2) is 0 Å². The predicted octanol–water partition coefficient (Wildman–Crippen LogP) is 5.49. The molecular weight excluding hydrogens is 493 g/mol. The fourth-order valence-electron chi connectivity index (χ4n) is 4.35. The molecule has 1 aliphatic heterocycles. The number of nitrogens with zero attached hydrogens (tertiary/aromatic N) is 2. The minimum atomic E-state index is -0.400. The Morgan fingerprint density at radius 2 is 1.92 bits per heavy atom. The molecular formula is C28H24FN3O4S. The van der Waals surface area contributed by atoms with E-state index in [2.05, 4.69) is 5.32 Å². The monoisotopic (exact) mass is 517 g/mol. The molecule has 0 aliphatic carbocycles. The second-order valence-electron chi connectivity index (χ2n) is 8.63. The predicted molar refractivity (Wildman–Crippen MR) is 140 cm³/mol. The largest absolute Gasteiger partial charge is 0.467 e. The highest BCUT2D eigenvalue weighted by Gasteiger charge is 2.35. The summed E-state index contributed by atoms with van der Waals surface area (Å²) in [6, 6.07) is 15.2. The van der Waals surface area contributed by atoms with Crippen LogP contribution in [-0.4, -0.2) is 26.5 Å². The number of para-hydroxylation sites is 1. The number of aromatic nitrogens is 1. The smallest absolute Gasteiger partial charge is 0.293 e. The highest BCUT2D eigenvalue weighted by molar-refractivity contribution is 8.18. The molecule has 0 saturated carbocycles. The molecule has 1 N–H and O–H groups in total. The van der Waals surface area contributed by atoms with Gasteiger partial charge < -0.3 is 14.3 Å². The number of rotatable bonds is 8. The first-order valence-electron chi connectivity index (χ1n) is 11.8. The van der Waals surface area contributed by atoms with Crippen LogP contribution in [0.3, 0.4) is 0 Å². The normalized spacial score (nSPS) is 14.8. The highest BCUT2D eigenvalue weighted by atomic mass is 32.2. The zero-order chi connectivity index (χ0) is 25.9. The van der Waals surface area contributed by atoms with Crippen LogP contribution in [0.1, 0.15) is 29.4 Å². The van der Waals surface area contributed by atoms with Crippen molar-refractivity contribution in [2.45, 2.75) is 33.0 Å². The molecule has 0 bridgehead atoms. The lowest BCUT2D eigenvalue weighted by atomic mass is 10.1. The second-order valence-corrected chi connectivity index (χ2v) is 9.62. The number of aryl methyl sites for hydroxylation is 1. The van der Waals surface area contributed by atoms with Crippen molar-refractivity contribution in [3.63, 3.8) is 0 Å². The van der Waals surface area contributed by atoms with Crippen LogP contribution in [0.2, 0.25) is 0 Å². The number of carbonyl (C=O) groups is 3. The van der Waals surface area contributed by atoms with Gasteiger partial charge in [0.2, 0.25) is 5.91 Å². The standard InChI is InChI=1S/C28H24FN3O4S/c1-2-19-5-3-7-23-20(16-31(26(19)23)17-25(33)30-14-22-6-4-12-36-22)13-24-27(34)32(28(35)37-24)15-18-8-10-21(29)11-9-18/h3-13,16H,2,14-15,17H2,1H3,(H,30,33)/b24-13-. The van der Waals surface area contributed by atoms with Crippen molar-refractivity contribution in [3.8, 4) is 0 Å². The van der Waals surface area contributed by atoms with Gasteiger partial charge >= 0.3 is 0 Å². The van der Waals surface area contributed by atoms with Crippen LogP contribution in [0.25, 0.3) is 17.0 Å². The van der Waals surface area contributed by atoms with Gasteiger partial charge in [-0.25, -0.2) is 4.39 Å². The van der Waals surface area contributed by atoms with E-state index >= 15 is 0 Å². The summed E-state index contributed by atoms with van der Waals surface area (Å²) >= 11 is 0.873. The topological polar surface area (TPSA) is 84.5 Å². The second kappa shape index (κ2) is 10.5. The van der Waals surface area contributed by atoms with Gasteiger partial charge in [-0.1, -0.05) is 37.3 Å². The number of thioether (sulfide) groups is 1. The fourth-order valence-corrected chi connectivity index (χ4v) is 5.18. The molecule has 9 heteroatoms. The van der Waals surface area contributed by atoms with Crippen LogP contribution >= 0.6 is 11.8 Å². The Bertz CT molecular complexity index is 1510. The van der Waals surface area contributed by atoms with Gasteiger partial charge in [-0.2, -0.15) is 0 Å². The van der Waals surface area contributed by atoms with Gasteiger partial charge in [0, 0.05) is 17.1 Å². The molecule has 1 fully saturated rings. The van der Waals surface area contributed by atoms with Crippen LogP contribution in [0.15, 0.2) is 76.4 Å². The van der Waals surface area contributed by atoms with E-state index in [1.54, 1.807) is 36.6 Å². The maximum Gasteiger partial charge on any atom is 0.293 e. The number of benzene rings is 2. The van der Waals surface area contributed by atoms with Crippen molar-refractivity contribution >= 4 is 45.8 Å². The quantitative estimate of drug-likeness (QED) is 0.313. The third-order valence-corrected chi connectivity index (χ3v) is 7.07. The first-order valence-corrected chi connectivity index (χ1v) is 12.6. The third-order valence-electron chi connectivity index (χ3n) is 6.16. The van der Waals surface area contributed by atoms with E-state index in [1.165, 1.54) is 12.1 Å². The molecule has 5 rings (SSSR count). The molecule has 1 aliphatic rings. The van der Waals surface area contributed by atoms with Gasteiger partial charge in [-0.05, 0) is 59.7 Å². The van der Waals surface area contributed by atoms with E-state index in [-0.39, 0.29) is 30.1 Å². The maximum atomic E-state index is 13.2. The molecule has 37 heavy (non-hydrogen) atoms. The minimum Gasteiger partial charge on any atom is -0.467 e. The van der Waals surface area contributed by atoms with Crippen molar-refractivity contribution in [1.29, 1.82) is 0 Å². The van der Waals surface area contributed by atoms with Crippen LogP contribution in [-0.2, 0) is 35.6 Å². The molecule has 0 radical (unpaired) electrons. The number of nitrogens with one attached hydrogen (secondary N) is 1. The highest BCUT2D eigenvalue weighted by Crippen LogP contribution is 2.35. The maximum absolute atomic E-state index is 13.2. The van der Waals surface area contributed by atoms with E-state index in [0.717, 1.165) is 45.1 Å². The molecule has 7 nitrogen and oxygen atoms in total. The van der Waals surface area contributed by atoms with E-state index in [1.807, 2.05) is 35.9 Å². The zero-order valence-corrected chi connectivity index (χ0v) is 20.9. The van der Waals surface area contributed by atoms with Gasteiger partial charge in [0.05, 0.1) is 29.8 Å². The number of hydrogen-bond donors (Lipinski definition) is 1. The lowest BCUT2D eigenvalue weighted by Crippen LogP contribution is -2.27. The molecule has 0 spiro atoms. The third kappa shape index (κ3) is 5.22. The van der Waals surface area contributed by atoms with Crippen molar-refractivity contribution < 1.29 is 23.2 Å². The summed E-state index contributed by atoms with van der Waals surface area (Å²) < 4.78 is 20.4. The van der Waals surface area contributed by atoms with Crippen LogP contribution in [0, 0.1) is 5.82 Å². The lowest BCUT2D eigenvalue weighted by molar-refractivity contribution is -0.123. The average Bonchev–Trinajstić information content (AvgIpc) is 3.60. The van der Waals surface area contributed by atoms with E-state index < -0.39 is 5.91 Å². The van der Waals surface area contributed by atoms with Gasteiger partial charge in [0.1, 0.15) is 18.1 Å². The van der Waals surface area contributed by atoms with Gasteiger partial charge in [-0.3, -0.25) is 19.3 Å². The summed E-state index contributed by atoms with van der Waals surface area (Å²) in [6.45, 7) is 2.50. The number of imide groups is 1. The van der Waals surface area contributed by atoms with Crippen molar-refractivity contribution in [2.24, 2.45) is 0 Å². The molecule has 2 aromatic carbocycles. The summed E-state index contributed by atoms with van der Waals surface area (Å²) in [7, 11) is 0. The van der Waals surface area contributed by atoms with Gasteiger partial charge in [-0.15, -0.1) is 0 Å². The van der Waals surface area contributed by atoms with E-state index in [4.69, 9.17) is 4.42 Å². The Morgan fingerprint density at radius 1 is 1.11 bits per heavy atom. The lowest BCUT2D eigenvalue weighted by Gasteiger charge is -2.12. The summed E-state index contributed by atoms with van der Waals surface area (Å²) in [5, 5.41) is 3.37. The summed E-state index contributed by atoms with van der Waals surface area (Å²) in [5.74, 6) is -0.291. The summed E-state index contributed by atoms with van der Waals surface area (Å²) in [4.78, 5) is 39.9. The Hall–Kier alpha value is -4.11. The Labute approximate surface area is 216 Å². The van der Waals surface area contributed by atoms with Crippen molar-refractivity contribution in [3.05, 3.63) is 100 Å². The van der Waals surface area contributed by atoms with Gasteiger partial charge in [0.25, 0.3) is 11.1 Å². The number of amides is 3. The molecule has 2 aromatic heterocycles. The Kier molecular flexibility index (Phi) is 6.96. The Morgan fingerprint density at radius 3 is 2.65 bits per heavy atom. The first-order chi connectivity index (χ1) is 17.9. The molecule has 3 amide bonds. The van der Waals surface area contributed by atoms with Crippen LogP contribution in [0.5, 0.6) is 0 Å².